The van der Waals surface area contributed by atoms with Crippen LogP contribution in [0.2, 0.25) is 0 Å². The van der Waals surface area contributed by atoms with Crippen LogP contribution in [0.5, 0.6) is 0 Å². The molecule has 3 atom stereocenters. The summed E-state index contributed by atoms with van der Waals surface area (Å²) >= 11 is 0. The molecule has 2 aliphatic rings. The maximum atomic E-state index is 5.84. The highest BCUT2D eigenvalue weighted by atomic mass is 16.5. The van der Waals surface area contributed by atoms with E-state index in [1.807, 2.05) is 0 Å². The Morgan fingerprint density at radius 3 is 2.83 bits per heavy atom. The summed E-state index contributed by atoms with van der Waals surface area (Å²) in [6.45, 7) is 3.35. The van der Waals surface area contributed by atoms with E-state index in [1.54, 1.807) is 0 Å². The van der Waals surface area contributed by atoms with Gasteiger partial charge >= 0.3 is 0 Å². The zero-order valence-corrected chi connectivity index (χ0v) is 8.09. The fraction of sp³-hybridized carbons (Fsp3) is 1.00. The summed E-state index contributed by atoms with van der Waals surface area (Å²) in [7, 11) is 0. The molecule has 1 aliphatic heterocycles. The average molecular weight is 168 g/mol. The van der Waals surface area contributed by atoms with Gasteiger partial charge < -0.3 is 4.74 Å². The minimum atomic E-state index is 0.637. The second kappa shape index (κ2) is 3.78. The van der Waals surface area contributed by atoms with Gasteiger partial charge in [-0.1, -0.05) is 32.6 Å². The van der Waals surface area contributed by atoms with Crippen LogP contribution in [-0.4, -0.2) is 12.7 Å². The molecule has 0 N–H and O–H groups in total. The van der Waals surface area contributed by atoms with E-state index in [1.165, 1.54) is 38.5 Å². The lowest BCUT2D eigenvalue weighted by atomic mass is 9.86. The number of hydrogen-bond acceptors (Lipinski definition) is 1. The quantitative estimate of drug-likeness (QED) is 0.585. The second-order valence-electron chi connectivity index (χ2n) is 4.34. The number of rotatable bonds is 1. The molecule has 1 aliphatic carbocycles. The minimum absolute atomic E-state index is 0.637. The molecule has 1 saturated heterocycles. The predicted octanol–water partition coefficient (Wildman–Crippen LogP) is 2.99. The first kappa shape index (κ1) is 8.55. The highest BCUT2D eigenvalue weighted by Crippen LogP contribution is 2.38. The molecular weight excluding hydrogens is 148 g/mol. The first-order valence-electron chi connectivity index (χ1n) is 5.53. The van der Waals surface area contributed by atoms with Gasteiger partial charge in [-0.3, -0.25) is 0 Å². The van der Waals surface area contributed by atoms with Gasteiger partial charge in [-0.15, -0.1) is 0 Å². The number of hydrogen-bond donors (Lipinski definition) is 0. The molecule has 1 unspecified atom stereocenters. The van der Waals surface area contributed by atoms with Gasteiger partial charge in [0.1, 0.15) is 0 Å². The van der Waals surface area contributed by atoms with Crippen LogP contribution in [0.4, 0.5) is 0 Å². The molecule has 0 aromatic rings. The largest absolute Gasteiger partial charge is 0.378 e. The van der Waals surface area contributed by atoms with Gasteiger partial charge in [-0.25, -0.2) is 0 Å². The van der Waals surface area contributed by atoms with Crippen LogP contribution in [0.15, 0.2) is 0 Å². The van der Waals surface area contributed by atoms with Crippen molar-refractivity contribution in [1.82, 2.24) is 0 Å². The molecule has 1 heteroatoms. The highest BCUT2D eigenvalue weighted by Gasteiger charge is 2.36. The first-order chi connectivity index (χ1) is 5.92. The van der Waals surface area contributed by atoms with Gasteiger partial charge in [0.15, 0.2) is 0 Å². The fourth-order valence-electron chi connectivity index (χ4n) is 2.84. The van der Waals surface area contributed by atoms with Crippen molar-refractivity contribution in [3.05, 3.63) is 0 Å². The van der Waals surface area contributed by atoms with Gasteiger partial charge in [0, 0.05) is 0 Å². The van der Waals surface area contributed by atoms with Crippen molar-refractivity contribution in [3.63, 3.8) is 0 Å². The molecular formula is C11H20O. The normalized spacial score (nSPS) is 42.2. The van der Waals surface area contributed by atoms with Crippen molar-refractivity contribution in [2.45, 2.75) is 51.6 Å². The van der Waals surface area contributed by atoms with Gasteiger partial charge in [0.05, 0.1) is 12.7 Å². The molecule has 0 bridgehead atoms. The molecule has 0 aromatic carbocycles. The third kappa shape index (κ3) is 1.52. The SMILES string of the molecule is CCC1CO[C@@H]2CCCCC[C@@H]12. The molecule has 0 amide bonds. The van der Waals surface area contributed by atoms with Crippen LogP contribution in [0, 0.1) is 11.8 Å². The van der Waals surface area contributed by atoms with E-state index in [9.17, 15) is 0 Å². The highest BCUT2D eigenvalue weighted by molar-refractivity contribution is 4.84. The molecule has 70 valence electrons. The van der Waals surface area contributed by atoms with Crippen LogP contribution in [0.3, 0.4) is 0 Å². The number of ether oxygens (including phenoxy) is 1. The molecule has 0 radical (unpaired) electrons. The van der Waals surface area contributed by atoms with Crippen molar-refractivity contribution >= 4 is 0 Å². The maximum absolute atomic E-state index is 5.84. The fourth-order valence-corrected chi connectivity index (χ4v) is 2.84. The zero-order valence-electron chi connectivity index (χ0n) is 8.09. The van der Waals surface area contributed by atoms with Crippen molar-refractivity contribution in [2.75, 3.05) is 6.61 Å². The molecule has 2 rings (SSSR count). The lowest BCUT2D eigenvalue weighted by molar-refractivity contribution is 0.0846. The van der Waals surface area contributed by atoms with Crippen LogP contribution < -0.4 is 0 Å². The van der Waals surface area contributed by atoms with Crippen LogP contribution >= 0.6 is 0 Å². The third-order valence-corrected chi connectivity index (χ3v) is 3.66. The maximum Gasteiger partial charge on any atom is 0.0606 e. The minimum Gasteiger partial charge on any atom is -0.378 e. The standard InChI is InChI=1S/C11H20O/c1-2-9-8-12-11-7-5-3-4-6-10(9)11/h9-11H,2-8H2,1H3/t9?,10-,11+/m0/s1. The summed E-state index contributed by atoms with van der Waals surface area (Å²) in [6.07, 6.45) is 9.01. The van der Waals surface area contributed by atoms with E-state index >= 15 is 0 Å². The van der Waals surface area contributed by atoms with Gasteiger partial charge in [0.2, 0.25) is 0 Å². The predicted molar refractivity (Wildman–Crippen MR) is 50.1 cm³/mol. The van der Waals surface area contributed by atoms with Gasteiger partial charge in [-0.2, -0.15) is 0 Å². The van der Waals surface area contributed by atoms with Crippen molar-refractivity contribution in [3.8, 4) is 0 Å². The Morgan fingerprint density at radius 2 is 2.00 bits per heavy atom. The van der Waals surface area contributed by atoms with Crippen LogP contribution in [0.25, 0.3) is 0 Å². The summed E-state index contributed by atoms with van der Waals surface area (Å²) in [5.41, 5.74) is 0. The topological polar surface area (TPSA) is 9.23 Å². The smallest absolute Gasteiger partial charge is 0.0606 e. The Morgan fingerprint density at radius 1 is 1.17 bits per heavy atom. The molecule has 1 saturated carbocycles. The van der Waals surface area contributed by atoms with Gasteiger partial charge in [-0.05, 0) is 24.7 Å². The lowest BCUT2D eigenvalue weighted by Gasteiger charge is -2.18. The Kier molecular flexibility index (Phi) is 2.69. The van der Waals surface area contributed by atoms with Crippen LogP contribution in [0.1, 0.15) is 45.4 Å². The van der Waals surface area contributed by atoms with E-state index in [0.717, 1.165) is 18.4 Å². The summed E-state index contributed by atoms with van der Waals surface area (Å²) in [5.74, 6) is 1.80. The van der Waals surface area contributed by atoms with E-state index in [4.69, 9.17) is 4.74 Å². The monoisotopic (exact) mass is 168 g/mol. The zero-order chi connectivity index (χ0) is 8.39. The summed E-state index contributed by atoms with van der Waals surface area (Å²) in [4.78, 5) is 0. The lowest BCUT2D eigenvalue weighted by Crippen LogP contribution is -2.18. The second-order valence-corrected chi connectivity index (χ2v) is 4.34. The molecule has 1 nitrogen and oxygen atoms in total. The van der Waals surface area contributed by atoms with Crippen molar-refractivity contribution in [1.29, 1.82) is 0 Å². The Balaban J connectivity index is 1.99. The van der Waals surface area contributed by atoms with Crippen molar-refractivity contribution in [2.24, 2.45) is 11.8 Å². The molecule has 0 spiro atoms. The third-order valence-electron chi connectivity index (χ3n) is 3.66. The average Bonchev–Trinajstić information content (AvgIpc) is 2.33. The Hall–Kier alpha value is -0.0400. The van der Waals surface area contributed by atoms with Crippen molar-refractivity contribution < 1.29 is 4.74 Å². The van der Waals surface area contributed by atoms with E-state index < -0.39 is 0 Å². The molecule has 2 fully saturated rings. The molecule has 0 aromatic heterocycles. The Labute approximate surface area is 75.5 Å². The van der Waals surface area contributed by atoms with E-state index in [0.29, 0.717) is 6.10 Å². The summed E-state index contributed by atoms with van der Waals surface area (Å²) in [5, 5.41) is 0. The molecule has 1 heterocycles. The van der Waals surface area contributed by atoms with Crippen LogP contribution in [-0.2, 0) is 4.74 Å². The van der Waals surface area contributed by atoms with E-state index in [-0.39, 0.29) is 0 Å². The number of fused-ring (bicyclic) bond motifs is 1. The van der Waals surface area contributed by atoms with E-state index in [2.05, 4.69) is 6.92 Å². The summed E-state index contributed by atoms with van der Waals surface area (Å²) in [6, 6.07) is 0. The Bertz CT molecular complexity index is 144. The first-order valence-corrected chi connectivity index (χ1v) is 5.53. The molecule has 12 heavy (non-hydrogen) atoms. The van der Waals surface area contributed by atoms with Gasteiger partial charge in [0.25, 0.3) is 0 Å². The summed E-state index contributed by atoms with van der Waals surface area (Å²) < 4.78 is 5.84.